The molecule has 2 N–H and O–H groups in total. The van der Waals surface area contributed by atoms with Gasteiger partial charge in [0.05, 0.1) is 19.1 Å². The van der Waals surface area contributed by atoms with Gasteiger partial charge in [-0.25, -0.2) is 0 Å². The van der Waals surface area contributed by atoms with E-state index >= 15 is 0 Å². The minimum atomic E-state index is -0.665. The van der Waals surface area contributed by atoms with Crippen LogP contribution in [-0.2, 0) is 28.6 Å². The van der Waals surface area contributed by atoms with Crippen molar-refractivity contribution in [1.29, 1.82) is 0 Å². The van der Waals surface area contributed by atoms with E-state index in [0.29, 0.717) is 32.0 Å². The molecule has 2 aliphatic heterocycles. The normalized spacial score (nSPS) is 47.4. The fourth-order valence-electron chi connectivity index (χ4n) is 12.5. The molecule has 4 aliphatic carbocycles. The Hall–Kier alpha value is -1.93. The van der Waals surface area contributed by atoms with Crippen LogP contribution in [0.25, 0.3) is 0 Å². The second-order valence-corrected chi connectivity index (χ2v) is 17.6. The molecule has 0 aromatic rings. The number of hydrogen-bond acceptors (Lipinski definition) is 7. The van der Waals surface area contributed by atoms with E-state index in [0.717, 1.165) is 51.5 Å². The number of nitrogens with one attached hydrogen (secondary N) is 1. The lowest BCUT2D eigenvalue weighted by Gasteiger charge is -2.71. The molecule has 3 saturated carbocycles. The number of carbonyl (C=O) groups excluding carboxylic acids is 2. The molecule has 46 heavy (non-hydrogen) atoms. The Labute approximate surface area is 276 Å². The van der Waals surface area contributed by atoms with E-state index < -0.39 is 34.7 Å². The highest BCUT2D eigenvalue weighted by molar-refractivity contribution is 5.76. The standard InChI is InChI=1S/C38H59NO7/c1-22(2)23(3)34(5)16-17-36(7)25-12-13-28-35(6)20-44-21-38(28,26(25)14-15-37(36,8)31(34)32(41)42)19-27(45-24(4)40)30(35)33(43)46-29-11-9-10-18-39-29/h14,22-23,25,27-31,39H,9-13,15-21H2,1-8H3,(H,41,42)/t23-,25+,27-,28-,29?,30-,31-,34-,35+,36-,37+,38+/m1/s1. The van der Waals surface area contributed by atoms with Crippen LogP contribution < -0.4 is 5.32 Å². The molecule has 12 atom stereocenters. The molecule has 0 radical (unpaired) electrons. The van der Waals surface area contributed by atoms with E-state index in [1.807, 2.05) is 0 Å². The Bertz CT molecular complexity index is 1270. The van der Waals surface area contributed by atoms with Gasteiger partial charge in [-0.3, -0.25) is 19.7 Å². The van der Waals surface area contributed by atoms with E-state index in [4.69, 9.17) is 14.2 Å². The summed E-state index contributed by atoms with van der Waals surface area (Å²) in [6.45, 7) is 19.0. The van der Waals surface area contributed by atoms with Gasteiger partial charge in [-0.05, 0) is 104 Å². The van der Waals surface area contributed by atoms with Crippen LogP contribution in [0.4, 0.5) is 0 Å². The van der Waals surface area contributed by atoms with Gasteiger partial charge in [0.2, 0.25) is 0 Å². The average molecular weight is 642 g/mol. The van der Waals surface area contributed by atoms with E-state index in [1.165, 1.54) is 12.5 Å². The highest BCUT2D eigenvalue weighted by atomic mass is 16.6. The summed E-state index contributed by atoms with van der Waals surface area (Å²) >= 11 is 0. The minimum absolute atomic E-state index is 0.179. The van der Waals surface area contributed by atoms with Crippen molar-refractivity contribution in [2.75, 3.05) is 19.8 Å². The maximum Gasteiger partial charge on any atom is 0.314 e. The summed E-state index contributed by atoms with van der Waals surface area (Å²) in [6.07, 6.45) is 9.36. The van der Waals surface area contributed by atoms with Gasteiger partial charge in [0, 0.05) is 17.8 Å². The molecule has 2 heterocycles. The number of hydrogen-bond donors (Lipinski definition) is 2. The molecule has 1 unspecified atom stereocenters. The molecule has 0 spiro atoms. The lowest BCUT2D eigenvalue weighted by Crippen LogP contribution is -2.69. The second-order valence-electron chi connectivity index (χ2n) is 17.6. The molecule has 5 fully saturated rings. The molecule has 8 heteroatoms. The van der Waals surface area contributed by atoms with Crippen molar-refractivity contribution in [3.8, 4) is 0 Å². The lowest BCUT2D eigenvalue weighted by molar-refractivity contribution is -0.246. The third-order valence-corrected chi connectivity index (χ3v) is 15.3. The Morgan fingerprint density at radius 1 is 0.978 bits per heavy atom. The lowest BCUT2D eigenvalue weighted by atomic mass is 9.34. The number of piperidine rings is 1. The number of allylic oxidation sites excluding steroid dienone is 1. The zero-order valence-corrected chi connectivity index (χ0v) is 29.6. The van der Waals surface area contributed by atoms with Crippen LogP contribution in [0.5, 0.6) is 0 Å². The smallest absolute Gasteiger partial charge is 0.314 e. The summed E-state index contributed by atoms with van der Waals surface area (Å²) in [5, 5.41) is 14.3. The second kappa shape index (κ2) is 11.6. The Morgan fingerprint density at radius 2 is 1.72 bits per heavy atom. The largest absolute Gasteiger partial charge is 0.481 e. The maximum atomic E-state index is 14.1. The number of carbonyl (C=O) groups is 3. The number of aliphatic carboxylic acids is 1. The van der Waals surface area contributed by atoms with Gasteiger partial charge >= 0.3 is 17.9 Å². The quantitative estimate of drug-likeness (QED) is 0.242. The summed E-state index contributed by atoms with van der Waals surface area (Å²) in [6, 6.07) is 0. The fraction of sp³-hybridized carbons (Fsp3) is 0.868. The average Bonchev–Trinajstić information content (AvgIpc) is 2.97. The van der Waals surface area contributed by atoms with E-state index in [2.05, 4.69) is 59.9 Å². The molecule has 258 valence electrons. The van der Waals surface area contributed by atoms with Crippen molar-refractivity contribution < 1.29 is 33.7 Å². The van der Waals surface area contributed by atoms with Crippen molar-refractivity contribution in [3.63, 3.8) is 0 Å². The van der Waals surface area contributed by atoms with Gasteiger partial charge in [-0.1, -0.05) is 60.1 Å². The van der Waals surface area contributed by atoms with Crippen LogP contribution in [0.2, 0.25) is 0 Å². The summed E-state index contributed by atoms with van der Waals surface area (Å²) in [5.74, 6) is -1.32. The van der Waals surface area contributed by atoms with Crippen molar-refractivity contribution in [1.82, 2.24) is 5.32 Å². The molecular weight excluding hydrogens is 582 g/mol. The molecule has 0 aromatic carbocycles. The van der Waals surface area contributed by atoms with Gasteiger partial charge in [0.25, 0.3) is 0 Å². The van der Waals surface area contributed by atoms with E-state index in [-0.39, 0.29) is 52.2 Å². The molecular formula is C38H59NO7. The van der Waals surface area contributed by atoms with Crippen LogP contribution in [0.15, 0.2) is 11.6 Å². The third kappa shape index (κ3) is 4.76. The van der Waals surface area contributed by atoms with Gasteiger partial charge in [0.1, 0.15) is 12.0 Å². The van der Waals surface area contributed by atoms with Gasteiger partial charge in [-0.15, -0.1) is 0 Å². The Kier molecular flexibility index (Phi) is 8.56. The molecule has 2 bridgehead atoms. The third-order valence-electron chi connectivity index (χ3n) is 15.3. The van der Waals surface area contributed by atoms with Crippen molar-refractivity contribution in [2.45, 2.75) is 126 Å². The maximum absolute atomic E-state index is 14.1. The molecule has 6 aliphatic rings. The summed E-state index contributed by atoms with van der Waals surface area (Å²) in [5.41, 5.74) is -0.467. The van der Waals surface area contributed by atoms with E-state index in [9.17, 15) is 19.5 Å². The van der Waals surface area contributed by atoms with E-state index in [1.54, 1.807) is 0 Å². The van der Waals surface area contributed by atoms with Gasteiger partial charge in [-0.2, -0.15) is 0 Å². The summed E-state index contributed by atoms with van der Waals surface area (Å²) in [4.78, 5) is 40.0. The Morgan fingerprint density at radius 3 is 2.35 bits per heavy atom. The number of carboxylic acids is 1. The zero-order chi connectivity index (χ0) is 33.4. The molecule has 8 nitrogen and oxygen atoms in total. The van der Waals surface area contributed by atoms with Gasteiger partial charge < -0.3 is 19.3 Å². The summed E-state index contributed by atoms with van der Waals surface area (Å²) in [7, 11) is 0. The fourth-order valence-corrected chi connectivity index (χ4v) is 12.5. The van der Waals surface area contributed by atoms with Crippen LogP contribution in [0.1, 0.15) is 113 Å². The molecule has 0 amide bonds. The molecule has 6 rings (SSSR count). The van der Waals surface area contributed by atoms with Gasteiger partial charge in [0.15, 0.2) is 6.23 Å². The van der Waals surface area contributed by atoms with Crippen molar-refractivity contribution >= 4 is 17.9 Å². The first-order valence-corrected chi connectivity index (χ1v) is 18.2. The number of esters is 2. The zero-order valence-electron chi connectivity index (χ0n) is 29.6. The predicted octanol–water partition coefficient (Wildman–Crippen LogP) is 6.77. The first-order chi connectivity index (χ1) is 21.5. The highest BCUT2D eigenvalue weighted by Gasteiger charge is 2.72. The predicted molar refractivity (Wildman–Crippen MR) is 174 cm³/mol. The van der Waals surface area contributed by atoms with Crippen LogP contribution in [-0.4, -0.2) is 55.1 Å². The summed E-state index contributed by atoms with van der Waals surface area (Å²) < 4.78 is 18.7. The highest BCUT2D eigenvalue weighted by Crippen LogP contribution is 2.75. The Balaban J connectivity index is 1.40. The number of fused-ring (bicyclic) bond motifs is 3. The number of rotatable bonds is 6. The first-order valence-electron chi connectivity index (χ1n) is 18.2. The SMILES string of the molecule is CC(=O)O[C@@H]1C[C@@]23COC[C@](C)([C@H]1C(=O)OC1CCCCN1)[C@H]2CC[C@H]1C3=CC[C@@]2(C)[C@H](C(=O)O)[C@@](C)([C@H](C)C(C)C)CC[C@]12C. The van der Waals surface area contributed by atoms with Crippen molar-refractivity contribution in [3.05, 3.63) is 11.6 Å². The minimum Gasteiger partial charge on any atom is -0.481 e. The van der Waals surface area contributed by atoms with Crippen LogP contribution in [0.3, 0.4) is 0 Å². The van der Waals surface area contributed by atoms with Crippen LogP contribution >= 0.6 is 0 Å². The molecule has 2 saturated heterocycles. The van der Waals surface area contributed by atoms with Crippen molar-refractivity contribution in [2.24, 2.45) is 62.6 Å². The number of ether oxygens (including phenoxy) is 3. The topological polar surface area (TPSA) is 111 Å². The van der Waals surface area contributed by atoms with Crippen LogP contribution in [0, 0.1) is 62.6 Å². The first kappa shape index (κ1) is 34.0. The number of carboxylic acid groups (broad SMARTS) is 1. The monoisotopic (exact) mass is 641 g/mol. The molecule has 0 aromatic heterocycles.